The fourth-order valence-corrected chi connectivity index (χ4v) is 5.94. The summed E-state index contributed by atoms with van der Waals surface area (Å²) in [5.74, 6) is -2.03. The molecule has 0 aliphatic heterocycles. The van der Waals surface area contributed by atoms with Crippen LogP contribution in [0.5, 0.6) is 0 Å². The number of benzene rings is 2. The highest BCUT2D eigenvalue weighted by molar-refractivity contribution is 7.91. The summed E-state index contributed by atoms with van der Waals surface area (Å²) in [6.45, 7) is 3.53. The van der Waals surface area contributed by atoms with Gasteiger partial charge >= 0.3 is 5.97 Å². The predicted octanol–water partition coefficient (Wildman–Crippen LogP) is 1.25. The number of hydrogen-bond donors (Lipinski definition) is 2. The molecule has 0 aliphatic carbocycles. The van der Waals surface area contributed by atoms with E-state index in [1.165, 1.54) is 31.4 Å². The summed E-state index contributed by atoms with van der Waals surface area (Å²) < 4.78 is 51.7. The van der Waals surface area contributed by atoms with Gasteiger partial charge in [-0.3, -0.25) is 4.79 Å². The third-order valence-corrected chi connectivity index (χ3v) is 7.49. The van der Waals surface area contributed by atoms with Gasteiger partial charge in [0.25, 0.3) is 5.91 Å². The van der Waals surface area contributed by atoms with E-state index in [-0.39, 0.29) is 32.0 Å². The highest BCUT2D eigenvalue weighted by Gasteiger charge is 2.25. The maximum atomic E-state index is 11.8. The van der Waals surface area contributed by atoms with Crippen molar-refractivity contribution in [3.8, 4) is 12.1 Å². The molecule has 0 radical (unpaired) electrons. The van der Waals surface area contributed by atoms with Gasteiger partial charge in [0.2, 0.25) is 0 Å². The van der Waals surface area contributed by atoms with Crippen molar-refractivity contribution in [3.05, 3.63) is 57.6 Å². The minimum atomic E-state index is -3.66. The summed E-state index contributed by atoms with van der Waals surface area (Å²) in [5.41, 5.74) is 10.6. The molecule has 202 valence electrons. The second-order valence-electron chi connectivity index (χ2n) is 7.76. The number of aliphatic imine (C=N–C) groups is 1. The molecule has 0 atom stereocenters. The Hall–Kier alpha value is -4.27. The number of carbonyl (C=O) groups is 2. The molecule has 0 aromatic heterocycles. The van der Waals surface area contributed by atoms with E-state index in [9.17, 15) is 31.7 Å². The Balaban J connectivity index is 0.000000382. The number of rotatable bonds is 6. The number of guanidine groups is 1. The molecule has 0 saturated heterocycles. The van der Waals surface area contributed by atoms with E-state index in [0.29, 0.717) is 24.0 Å². The lowest BCUT2D eigenvalue weighted by molar-refractivity contribution is 0.0600. The maximum Gasteiger partial charge on any atom is 0.339 e. The van der Waals surface area contributed by atoms with Gasteiger partial charge < -0.3 is 16.2 Å². The van der Waals surface area contributed by atoms with Gasteiger partial charge in [0.15, 0.2) is 25.6 Å². The highest BCUT2D eigenvalue weighted by Crippen LogP contribution is 2.26. The van der Waals surface area contributed by atoms with Crippen LogP contribution in [0.4, 0.5) is 0 Å². The van der Waals surface area contributed by atoms with Crippen LogP contribution >= 0.6 is 0 Å². The number of aryl methyl sites for hydroxylation is 2. The summed E-state index contributed by atoms with van der Waals surface area (Å²) in [5, 5.41) is 18.3. The SMILES string of the molecule is CCc1ccc(C(=O)N=C(N)N)c(C#N)c1S(C)(=O)=O.CCc1ccc(C(=O)OC)c(C#N)c1S(C)(=O)=O. The molecule has 2 aromatic carbocycles. The topological polar surface area (TPSA) is 224 Å². The van der Waals surface area contributed by atoms with Crippen molar-refractivity contribution < 1.29 is 31.2 Å². The van der Waals surface area contributed by atoms with Crippen LogP contribution in [0.3, 0.4) is 0 Å². The van der Waals surface area contributed by atoms with Gasteiger partial charge in [0.05, 0.1) is 39.2 Å². The van der Waals surface area contributed by atoms with Crippen LogP contribution in [-0.2, 0) is 37.3 Å². The molecular weight excluding hydrogens is 534 g/mol. The van der Waals surface area contributed by atoms with Gasteiger partial charge in [-0.25, -0.2) is 21.6 Å². The lowest BCUT2D eigenvalue weighted by Crippen LogP contribution is -2.24. The quantitative estimate of drug-likeness (QED) is 0.290. The molecule has 0 saturated carbocycles. The molecule has 0 heterocycles. The van der Waals surface area contributed by atoms with Crippen LogP contribution in [0.1, 0.15) is 56.8 Å². The predicted molar refractivity (Wildman–Crippen MR) is 139 cm³/mol. The first-order chi connectivity index (χ1) is 17.6. The number of nitriles is 2. The lowest BCUT2D eigenvalue weighted by Gasteiger charge is -2.11. The minimum absolute atomic E-state index is 0.0300. The molecule has 0 unspecified atom stereocenters. The smallest absolute Gasteiger partial charge is 0.339 e. The van der Waals surface area contributed by atoms with Crippen LogP contribution in [0.25, 0.3) is 0 Å². The third-order valence-electron chi connectivity index (χ3n) is 5.07. The number of sulfone groups is 2. The van der Waals surface area contributed by atoms with Crippen molar-refractivity contribution in [3.63, 3.8) is 0 Å². The number of ether oxygens (including phenoxy) is 1. The Bertz CT molecular complexity index is 1590. The normalized spacial score (nSPS) is 10.7. The molecule has 0 spiro atoms. The van der Waals surface area contributed by atoms with Crippen LogP contribution in [0, 0.1) is 22.7 Å². The maximum absolute atomic E-state index is 11.8. The molecule has 0 bridgehead atoms. The van der Waals surface area contributed by atoms with E-state index in [1.807, 2.05) is 0 Å². The molecule has 4 N–H and O–H groups in total. The fourth-order valence-electron chi connectivity index (χ4n) is 3.51. The summed E-state index contributed by atoms with van der Waals surface area (Å²) in [6, 6.07) is 9.30. The Kier molecular flexibility index (Phi) is 10.7. The van der Waals surface area contributed by atoms with E-state index in [1.54, 1.807) is 26.0 Å². The van der Waals surface area contributed by atoms with Crippen molar-refractivity contribution in [2.45, 2.75) is 36.5 Å². The van der Waals surface area contributed by atoms with Crippen LogP contribution in [-0.4, -0.2) is 54.3 Å². The molecule has 0 aliphatic rings. The number of methoxy groups -OCH3 is 1. The summed E-state index contributed by atoms with van der Waals surface area (Å²) in [7, 11) is -6.06. The molecule has 0 fully saturated rings. The zero-order chi connectivity index (χ0) is 29.4. The first kappa shape index (κ1) is 31.8. The first-order valence-electron chi connectivity index (χ1n) is 10.8. The number of carbonyl (C=O) groups excluding carboxylic acids is 2. The first-order valence-corrected chi connectivity index (χ1v) is 14.6. The highest BCUT2D eigenvalue weighted by atomic mass is 32.2. The second-order valence-corrected chi connectivity index (χ2v) is 11.7. The summed E-state index contributed by atoms with van der Waals surface area (Å²) in [4.78, 5) is 26.4. The van der Waals surface area contributed by atoms with Crippen LogP contribution in [0.15, 0.2) is 39.0 Å². The average molecular weight is 562 g/mol. The largest absolute Gasteiger partial charge is 0.465 e. The standard InChI is InChI=1S/C12H14N4O3S.C12H13NO4S/c1-3-7-4-5-8(11(17)16-12(14)15)9(6-13)10(7)20(2,18)19;1-4-8-5-6-9(12(14)17-2)10(7-13)11(8)18(3,15)16/h4-5H,3H2,1-2H3,(H4,14,15,16,17);5-6H,4H2,1-3H3. The third kappa shape index (κ3) is 7.38. The Morgan fingerprint density at radius 1 is 0.842 bits per heavy atom. The Labute approximate surface area is 221 Å². The Morgan fingerprint density at radius 3 is 1.55 bits per heavy atom. The molecule has 2 rings (SSSR count). The van der Waals surface area contributed by atoms with Crippen LogP contribution in [0.2, 0.25) is 0 Å². The van der Waals surface area contributed by atoms with Gasteiger partial charge in [-0.05, 0) is 36.1 Å². The summed E-state index contributed by atoms with van der Waals surface area (Å²) in [6.07, 6.45) is 2.87. The van der Waals surface area contributed by atoms with E-state index in [0.717, 1.165) is 12.5 Å². The van der Waals surface area contributed by atoms with E-state index >= 15 is 0 Å². The molecular formula is C24H27N5O7S2. The average Bonchev–Trinajstić information content (AvgIpc) is 2.84. The van der Waals surface area contributed by atoms with Crippen molar-refractivity contribution in [1.82, 2.24) is 0 Å². The van der Waals surface area contributed by atoms with E-state index in [4.69, 9.17) is 16.7 Å². The van der Waals surface area contributed by atoms with Gasteiger partial charge in [-0.15, -0.1) is 0 Å². The zero-order valence-corrected chi connectivity index (χ0v) is 23.0. The summed E-state index contributed by atoms with van der Waals surface area (Å²) >= 11 is 0. The second kappa shape index (κ2) is 12.8. The van der Waals surface area contributed by atoms with Crippen molar-refractivity contribution in [1.29, 1.82) is 10.5 Å². The molecule has 14 heteroatoms. The lowest BCUT2D eigenvalue weighted by atomic mass is 10.0. The molecule has 12 nitrogen and oxygen atoms in total. The Morgan fingerprint density at radius 2 is 1.24 bits per heavy atom. The molecule has 2 aromatic rings. The fraction of sp³-hybridized carbons (Fsp3) is 0.292. The van der Waals surface area contributed by atoms with Gasteiger partial charge in [-0.1, -0.05) is 26.0 Å². The van der Waals surface area contributed by atoms with Gasteiger partial charge in [0.1, 0.15) is 12.1 Å². The molecule has 1 amide bonds. The number of hydrogen-bond acceptors (Lipinski definition) is 9. The van der Waals surface area contributed by atoms with E-state index < -0.39 is 37.5 Å². The molecule has 38 heavy (non-hydrogen) atoms. The number of nitrogens with zero attached hydrogens (tertiary/aromatic N) is 3. The number of nitrogens with two attached hydrogens (primary N) is 2. The van der Waals surface area contributed by atoms with Crippen LogP contribution < -0.4 is 11.5 Å². The van der Waals surface area contributed by atoms with Gasteiger partial charge in [-0.2, -0.15) is 15.5 Å². The van der Waals surface area contributed by atoms with Crippen molar-refractivity contribution in [2.75, 3.05) is 19.6 Å². The van der Waals surface area contributed by atoms with Crippen molar-refractivity contribution >= 4 is 37.5 Å². The number of amides is 1. The van der Waals surface area contributed by atoms with Gasteiger partial charge in [0, 0.05) is 12.5 Å². The van der Waals surface area contributed by atoms with Crippen molar-refractivity contribution in [2.24, 2.45) is 16.5 Å². The monoisotopic (exact) mass is 561 g/mol. The van der Waals surface area contributed by atoms with E-state index in [2.05, 4.69) is 9.73 Å². The zero-order valence-electron chi connectivity index (χ0n) is 21.4. The minimum Gasteiger partial charge on any atom is -0.465 e. The number of esters is 1.